The third-order valence-electron chi connectivity index (χ3n) is 6.84. The zero-order valence-electron chi connectivity index (χ0n) is 21.3. The summed E-state index contributed by atoms with van der Waals surface area (Å²) in [4.78, 5) is 21.6. The second-order valence-electron chi connectivity index (χ2n) is 9.36. The van der Waals surface area contributed by atoms with Gasteiger partial charge in [-0.15, -0.1) is 0 Å². The van der Waals surface area contributed by atoms with Crippen LogP contribution in [0.5, 0.6) is 5.75 Å². The van der Waals surface area contributed by atoms with E-state index in [1.807, 2.05) is 24.3 Å². The molecule has 0 radical (unpaired) electrons. The van der Waals surface area contributed by atoms with Gasteiger partial charge in [-0.05, 0) is 29.3 Å². The number of amides is 1. The minimum Gasteiger partial charge on any atom is -0.497 e. The molecule has 3 heterocycles. The first kappa shape index (κ1) is 24.8. The molecule has 1 aromatic heterocycles. The first-order valence-corrected chi connectivity index (χ1v) is 12.8. The van der Waals surface area contributed by atoms with E-state index in [-0.39, 0.29) is 24.9 Å². The molecule has 0 bridgehead atoms. The number of aromatic nitrogens is 2. The van der Waals surface area contributed by atoms with Crippen molar-refractivity contribution in [1.29, 1.82) is 0 Å². The molecule has 6 rings (SSSR count). The molecule has 9 heteroatoms. The molecule has 0 spiro atoms. The van der Waals surface area contributed by atoms with Gasteiger partial charge in [-0.3, -0.25) is 5.32 Å². The Hall–Kier alpha value is -4.47. The zero-order chi connectivity index (χ0) is 26.6. The number of hydrogen-bond acceptors (Lipinski definition) is 8. The van der Waals surface area contributed by atoms with E-state index in [4.69, 9.17) is 23.9 Å². The van der Waals surface area contributed by atoms with Gasteiger partial charge in [-0.25, -0.2) is 14.8 Å². The molecule has 0 saturated carbocycles. The van der Waals surface area contributed by atoms with Gasteiger partial charge in [0.1, 0.15) is 18.0 Å². The highest BCUT2D eigenvalue weighted by Crippen LogP contribution is 2.31. The molecule has 3 aromatic carbocycles. The summed E-state index contributed by atoms with van der Waals surface area (Å²) in [6, 6.07) is 27.3. The summed E-state index contributed by atoms with van der Waals surface area (Å²) in [5, 5.41) is 6.06. The Morgan fingerprint density at radius 2 is 1.64 bits per heavy atom. The van der Waals surface area contributed by atoms with Gasteiger partial charge in [0.15, 0.2) is 6.10 Å². The van der Waals surface area contributed by atoms with Crippen LogP contribution in [-0.2, 0) is 14.2 Å². The maximum absolute atomic E-state index is 12.5. The van der Waals surface area contributed by atoms with Gasteiger partial charge in [0.05, 0.1) is 32.1 Å². The molecule has 39 heavy (non-hydrogen) atoms. The molecule has 2 aliphatic heterocycles. The van der Waals surface area contributed by atoms with Crippen molar-refractivity contribution in [3.63, 3.8) is 0 Å². The molecule has 4 atom stereocenters. The Labute approximate surface area is 226 Å². The number of benzene rings is 3. The maximum Gasteiger partial charge on any atom is 0.412 e. The van der Waals surface area contributed by atoms with Crippen LogP contribution in [-0.4, -0.2) is 60.7 Å². The topological polar surface area (TPSA) is 104 Å². The van der Waals surface area contributed by atoms with E-state index in [0.29, 0.717) is 24.0 Å². The predicted octanol–water partition coefficient (Wildman–Crippen LogP) is 5.01. The molecule has 4 aromatic rings. The lowest BCUT2D eigenvalue weighted by molar-refractivity contribution is 0.00917. The normalized spacial score (nSPS) is 21.7. The van der Waals surface area contributed by atoms with Crippen molar-refractivity contribution in [2.45, 2.75) is 24.4 Å². The molecule has 0 unspecified atom stereocenters. The van der Waals surface area contributed by atoms with Crippen LogP contribution in [0.4, 0.5) is 16.4 Å². The van der Waals surface area contributed by atoms with Gasteiger partial charge in [0.2, 0.25) is 5.95 Å². The van der Waals surface area contributed by atoms with Gasteiger partial charge in [-0.1, -0.05) is 60.7 Å². The highest BCUT2D eigenvalue weighted by Gasteiger charge is 2.49. The van der Waals surface area contributed by atoms with Gasteiger partial charge >= 0.3 is 6.09 Å². The smallest absolute Gasteiger partial charge is 0.412 e. The number of nitrogens with zero attached hydrogens (tertiary/aromatic N) is 2. The monoisotopic (exact) mass is 524 g/mol. The SMILES string of the molecule is COc1cccc(NC(=O)O[C@@H]2CO[C@H]3[C@@H]2OC[C@@H]3Nc2nccc(-c3ccc(-c4ccccc4)cc3)n2)c1. The Bertz CT molecular complexity index is 1430. The van der Waals surface area contributed by atoms with Crippen molar-refractivity contribution in [2.24, 2.45) is 0 Å². The van der Waals surface area contributed by atoms with Crippen molar-refractivity contribution in [1.82, 2.24) is 9.97 Å². The highest BCUT2D eigenvalue weighted by molar-refractivity contribution is 5.85. The average molecular weight is 525 g/mol. The number of nitrogens with one attached hydrogen (secondary N) is 2. The van der Waals surface area contributed by atoms with Gasteiger partial charge in [-0.2, -0.15) is 0 Å². The molecular weight excluding hydrogens is 496 g/mol. The summed E-state index contributed by atoms with van der Waals surface area (Å²) in [5.74, 6) is 1.12. The minimum atomic E-state index is -0.577. The number of rotatable bonds is 7. The molecule has 9 nitrogen and oxygen atoms in total. The number of carbonyl (C=O) groups is 1. The lowest BCUT2D eigenvalue weighted by Crippen LogP contribution is -2.38. The Morgan fingerprint density at radius 1 is 0.872 bits per heavy atom. The van der Waals surface area contributed by atoms with Crippen LogP contribution < -0.4 is 15.4 Å². The van der Waals surface area contributed by atoms with Crippen molar-refractivity contribution in [2.75, 3.05) is 31.0 Å². The number of fused-ring (bicyclic) bond motifs is 1. The van der Waals surface area contributed by atoms with E-state index < -0.39 is 12.2 Å². The van der Waals surface area contributed by atoms with E-state index in [1.165, 1.54) is 5.56 Å². The standard InChI is InChI=1S/C30H28N4O5/c1-36-23-9-5-8-22(16-23)32-30(35)39-26-18-38-27-25(17-37-28(26)27)34-29-31-15-14-24(33-29)21-12-10-20(11-13-21)19-6-3-2-4-7-19/h2-16,25-28H,17-18H2,1H3,(H,32,35)(H,31,33,34)/t25-,26+,27+,28+/m0/s1. The Kier molecular flexibility index (Phi) is 7.07. The van der Waals surface area contributed by atoms with Gasteiger partial charge < -0.3 is 24.3 Å². The van der Waals surface area contributed by atoms with E-state index in [0.717, 1.165) is 16.8 Å². The van der Waals surface area contributed by atoms with E-state index in [2.05, 4.69) is 52.0 Å². The molecular formula is C30H28N4O5. The number of anilines is 2. The Morgan fingerprint density at radius 3 is 2.46 bits per heavy atom. The van der Waals surface area contributed by atoms with E-state index >= 15 is 0 Å². The second-order valence-corrected chi connectivity index (χ2v) is 9.36. The predicted molar refractivity (Wildman–Crippen MR) is 147 cm³/mol. The van der Waals surface area contributed by atoms with Crippen molar-refractivity contribution in [3.8, 4) is 28.1 Å². The largest absolute Gasteiger partial charge is 0.497 e. The van der Waals surface area contributed by atoms with Crippen LogP contribution in [0.2, 0.25) is 0 Å². The molecule has 2 N–H and O–H groups in total. The van der Waals surface area contributed by atoms with Gasteiger partial charge in [0, 0.05) is 23.5 Å². The van der Waals surface area contributed by atoms with Crippen LogP contribution in [0, 0.1) is 0 Å². The summed E-state index contributed by atoms with van der Waals surface area (Å²) < 4.78 is 22.7. The molecule has 1 amide bonds. The first-order chi connectivity index (χ1) is 19.2. The van der Waals surface area contributed by atoms with Crippen LogP contribution >= 0.6 is 0 Å². The maximum atomic E-state index is 12.5. The average Bonchev–Trinajstić information content (AvgIpc) is 3.57. The highest BCUT2D eigenvalue weighted by atomic mass is 16.6. The molecule has 0 aliphatic carbocycles. The van der Waals surface area contributed by atoms with Crippen molar-refractivity contribution in [3.05, 3.63) is 91.1 Å². The zero-order valence-corrected chi connectivity index (χ0v) is 21.3. The Balaban J connectivity index is 1.07. The number of methoxy groups -OCH3 is 1. The quantitative estimate of drug-likeness (QED) is 0.348. The molecule has 198 valence electrons. The summed E-state index contributed by atoms with van der Waals surface area (Å²) in [5.41, 5.74) is 4.70. The van der Waals surface area contributed by atoms with Crippen LogP contribution in [0.15, 0.2) is 91.1 Å². The van der Waals surface area contributed by atoms with Crippen molar-refractivity contribution >= 4 is 17.7 Å². The van der Waals surface area contributed by atoms with Crippen molar-refractivity contribution < 1.29 is 23.7 Å². The lowest BCUT2D eigenvalue weighted by Gasteiger charge is -2.18. The van der Waals surface area contributed by atoms with E-state index in [9.17, 15) is 4.79 Å². The fourth-order valence-corrected chi connectivity index (χ4v) is 4.89. The summed E-state index contributed by atoms with van der Waals surface area (Å²) >= 11 is 0. The minimum absolute atomic E-state index is 0.180. The first-order valence-electron chi connectivity index (χ1n) is 12.8. The number of ether oxygens (including phenoxy) is 4. The summed E-state index contributed by atoms with van der Waals surface area (Å²) in [7, 11) is 1.57. The molecule has 2 aliphatic rings. The second kappa shape index (κ2) is 11.1. The summed E-state index contributed by atoms with van der Waals surface area (Å²) in [6.45, 7) is 0.625. The lowest BCUT2D eigenvalue weighted by atomic mass is 10.0. The third kappa shape index (κ3) is 5.55. The van der Waals surface area contributed by atoms with E-state index in [1.54, 1.807) is 37.6 Å². The van der Waals surface area contributed by atoms with Crippen LogP contribution in [0.1, 0.15) is 0 Å². The van der Waals surface area contributed by atoms with Gasteiger partial charge in [0.25, 0.3) is 0 Å². The molecule has 2 fully saturated rings. The third-order valence-corrected chi connectivity index (χ3v) is 6.84. The van der Waals surface area contributed by atoms with Crippen LogP contribution in [0.25, 0.3) is 22.4 Å². The fourth-order valence-electron chi connectivity index (χ4n) is 4.89. The number of carbonyl (C=O) groups excluding carboxylic acids is 1. The summed E-state index contributed by atoms with van der Waals surface area (Å²) in [6.07, 6.45) is -0.0492. The molecule has 2 saturated heterocycles. The fraction of sp³-hybridized carbons (Fsp3) is 0.233. The number of hydrogen-bond donors (Lipinski definition) is 2. The van der Waals surface area contributed by atoms with Crippen LogP contribution in [0.3, 0.4) is 0 Å².